The summed E-state index contributed by atoms with van der Waals surface area (Å²) < 4.78 is 37.4. The van der Waals surface area contributed by atoms with Gasteiger partial charge in [0.05, 0.1) is 11.9 Å². The van der Waals surface area contributed by atoms with Crippen molar-refractivity contribution in [2.24, 2.45) is 0 Å². The average molecular weight is 295 g/mol. The van der Waals surface area contributed by atoms with E-state index < -0.39 is 10.0 Å². The van der Waals surface area contributed by atoms with Crippen LogP contribution in [-0.4, -0.2) is 25.4 Å². The van der Waals surface area contributed by atoms with Crippen LogP contribution in [0.5, 0.6) is 11.5 Å². The molecule has 1 aliphatic heterocycles. The van der Waals surface area contributed by atoms with E-state index in [0.717, 1.165) is 5.56 Å². The Morgan fingerprint density at radius 1 is 1.40 bits per heavy atom. The second-order valence-electron chi connectivity index (χ2n) is 4.33. The Balaban J connectivity index is 1.81. The van der Waals surface area contributed by atoms with Gasteiger partial charge in [-0.2, -0.15) is 5.10 Å². The number of aryl methyl sites for hydroxylation is 1. The second-order valence-corrected chi connectivity index (χ2v) is 6.07. The number of fused-ring (bicyclic) bond motifs is 1. The first-order chi connectivity index (χ1) is 9.58. The van der Waals surface area contributed by atoms with Crippen LogP contribution in [0.25, 0.3) is 0 Å². The third-order valence-electron chi connectivity index (χ3n) is 3.00. The molecular formula is C12H13N3O4S. The number of sulfonamides is 1. The summed E-state index contributed by atoms with van der Waals surface area (Å²) in [5, 5.41) is 6.31. The molecule has 0 bridgehead atoms. The van der Waals surface area contributed by atoms with Crippen LogP contribution in [0.3, 0.4) is 0 Å². The summed E-state index contributed by atoms with van der Waals surface area (Å²) in [6.07, 6.45) is 1.28. The van der Waals surface area contributed by atoms with E-state index in [1.165, 1.54) is 6.20 Å². The molecule has 0 amide bonds. The minimum atomic E-state index is -3.60. The molecule has 7 nitrogen and oxygen atoms in total. The molecule has 1 aromatic heterocycles. The molecule has 0 radical (unpaired) electrons. The van der Waals surface area contributed by atoms with Crippen molar-refractivity contribution >= 4 is 10.0 Å². The van der Waals surface area contributed by atoms with E-state index in [0.29, 0.717) is 17.2 Å². The van der Waals surface area contributed by atoms with Gasteiger partial charge in [0.1, 0.15) is 4.90 Å². The van der Waals surface area contributed by atoms with Gasteiger partial charge >= 0.3 is 0 Å². The first-order valence-electron chi connectivity index (χ1n) is 5.95. The van der Waals surface area contributed by atoms with Crippen molar-refractivity contribution < 1.29 is 17.9 Å². The van der Waals surface area contributed by atoms with Crippen molar-refractivity contribution in [1.82, 2.24) is 14.9 Å². The van der Waals surface area contributed by atoms with Gasteiger partial charge in [-0.15, -0.1) is 0 Å². The fourth-order valence-corrected chi connectivity index (χ4v) is 3.13. The number of hydrogen-bond acceptors (Lipinski definition) is 5. The lowest BCUT2D eigenvalue weighted by Crippen LogP contribution is -2.23. The molecule has 1 aromatic carbocycles. The summed E-state index contributed by atoms with van der Waals surface area (Å²) >= 11 is 0. The van der Waals surface area contributed by atoms with Crippen molar-refractivity contribution in [1.29, 1.82) is 0 Å². The molecule has 2 N–H and O–H groups in total. The average Bonchev–Trinajstić information content (AvgIpc) is 3.04. The number of aromatic nitrogens is 2. The van der Waals surface area contributed by atoms with Crippen molar-refractivity contribution in [3.05, 3.63) is 35.7 Å². The molecule has 0 atom stereocenters. The molecule has 0 saturated heterocycles. The summed E-state index contributed by atoms with van der Waals surface area (Å²) in [6, 6.07) is 5.36. The summed E-state index contributed by atoms with van der Waals surface area (Å²) in [5.41, 5.74) is 1.22. The normalized spacial score (nSPS) is 13.7. The quantitative estimate of drug-likeness (QED) is 0.875. The highest BCUT2D eigenvalue weighted by molar-refractivity contribution is 7.89. The molecule has 8 heteroatoms. The first kappa shape index (κ1) is 12.9. The highest BCUT2D eigenvalue weighted by Gasteiger charge is 2.21. The molecular weight excluding hydrogens is 282 g/mol. The van der Waals surface area contributed by atoms with Gasteiger partial charge in [0.2, 0.25) is 16.8 Å². The van der Waals surface area contributed by atoms with E-state index in [1.807, 2.05) is 0 Å². The fourth-order valence-electron chi connectivity index (χ4n) is 1.99. The van der Waals surface area contributed by atoms with E-state index in [2.05, 4.69) is 14.9 Å². The van der Waals surface area contributed by atoms with Crippen molar-refractivity contribution in [2.75, 3.05) is 6.79 Å². The Kier molecular flexibility index (Phi) is 3.11. The number of rotatable bonds is 4. The van der Waals surface area contributed by atoms with Gasteiger partial charge in [0, 0.05) is 12.1 Å². The molecule has 0 unspecified atom stereocenters. The lowest BCUT2D eigenvalue weighted by atomic mass is 10.2. The Morgan fingerprint density at radius 2 is 2.25 bits per heavy atom. The van der Waals surface area contributed by atoms with Crippen LogP contribution in [0, 0.1) is 6.92 Å². The van der Waals surface area contributed by atoms with E-state index >= 15 is 0 Å². The lowest BCUT2D eigenvalue weighted by molar-refractivity contribution is 0.173. The SMILES string of the molecule is Cc1[nH]ncc1S(=O)(=O)NCc1cccc2c1OCO2. The molecule has 0 aliphatic carbocycles. The van der Waals surface area contributed by atoms with Crippen LogP contribution in [0.4, 0.5) is 0 Å². The zero-order valence-corrected chi connectivity index (χ0v) is 11.5. The Morgan fingerprint density at radius 3 is 3.00 bits per heavy atom. The molecule has 20 heavy (non-hydrogen) atoms. The van der Waals surface area contributed by atoms with Crippen molar-refractivity contribution in [2.45, 2.75) is 18.4 Å². The monoisotopic (exact) mass is 295 g/mol. The third kappa shape index (κ3) is 2.23. The zero-order valence-electron chi connectivity index (χ0n) is 10.7. The van der Waals surface area contributed by atoms with Crippen LogP contribution < -0.4 is 14.2 Å². The summed E-state index contributed by atoms with van der Waals surface area (Å²) in [7, 11) is -3.60. The van der Waals surface area contributed by atoms with Gasteiger partial charge in [-0.1, -0.05) is 12.1 Å². The number of hydrogen-bond donors (Lipinski definition) is 2. The van der Waals surface area contributed by atoms with Gasteiger partial charge in [0.25, 0.3) is 0 Å². The molecule has 106 valence electrons. The maximum Gasteiger partial charge on any atom is 0.244 e. The lowest BCUT2D eigenvalue weighted by Gasteiger charge is -2.08. The molecule has 0 fully saturated rings. The van der Waals surface area contributed by atoms with Crippen LogP contribution in [-0.2, 0) is 16.6 Å². The summed E-state index contributed by atoms with van der Waals surface area (Å²) in [6.45, 7) is 1.93. The summed E-state index contributed by atoms with van der Waals surface area (Å²) in [4.78, 5) is 0.141. The number of nitrogens with zero attached hydrogens (tertiary/aromatic N) is 1. The minimum Gasteiger partial charge on any atom is -0.454 e. The topological polar surface area (TPSA) is 93.3 Å². The van der Waals surface area contributed by atoms with Crippen LogP contribution in [0.2, 0.25) is 0 Å². The van der Waals surface area contributed by atoms with E-state index in [9.17, 15) is 8.42 Å². The van der Waals surface area contributed by atoms with Crippen molar-refractivity contribution in [3.63, 3.8) is 0 Å². The van der Waals surface area contributed by atoms with Gasteiger partial charge in [-0.25, -0.2) is 13.1 Å². The molecule has 3 rings (SSSR count). The van der Waals surface area contributed by atoms with Crippen LogP contribution >= 0.6 is 0 Å². The standard InChI is InChI=1S/C12H13N3O4S/c1-8-11(6-13-15-8)20(16,17)14-5-9-3-2-4-10-12(9)19-7-18-10/h2-4,6,14H,5,7H2,1H3,(H,13,15). The Hall–Kier alpha value is -2.06. The van der Waals surface area contributed by atoms with Crippen LogP contribution in [0.15, 0.2) is 29.3 Å². The van der Waals surface area contributed by atoms with Gasteiger partial charge in [-0.05, 0) is 13.0 Å². The number of para-hydroxylation sites is 1. The fraction of sp³-hybridized carbons (Fsp3) is 0.250. The molecule has 2 heterocycles. The molecule has 0 spiro atoms. The predicted octanol–water partition coefficient (Wildman–Crippen LogP) is 0.925. The number of aromatic amines is 1. The van der Waals surface area contributed by atoms with Gasteiger partial charge in [-0.3, -0.25) is 5.10 Å². The number of ether oxygens (including phenoxy) is 2. The van der Waals surface area contributed by atoms with Gasteiger partial charge < -0.3 is 9.47 Å². The smallest absolute Gasteiger partial charge is 0.244 e. The number of benzene rings is 1. The third-order valence-corrected chi connectivity index (χ3v) is 4.52. The molecule has 0 saturated carbocycles. The highest BCUT2D eigenvalue weighted by Crippen LogP contribution is 2.35. The predicted molar refractivity (Wildman–Crippen MR) is 69.9 cm³/mol. The zero-order chi connectivity index (χ0) is 14.2. The van der Waals surface area contributed by atoms with Crippen LogP contribution in [0.1, 0.15) is 11.3 Å². The van der Waals surface area contributed by atoms with E-state index in [4.69, 9.17) is 9.47 Å². The largest absolute Gasteiger partial charge is 0.454 e. The first-order valence-corrected chi connectivity index (χ1v) is 7.43. The molecule has 1 aliphatic rings. The van der Waals surface area contributed by atoms with Gasteiger partial charge in [0.15, 0.2) is 11.5 Å². The summed E-state index contributed by atoms with van der Waals surface area (Å²) in [5.74, 6) is 1.21. The minimum absolute atomic E-state index is 0.124. The highest BCUT2D eigenvalue weighted by atomic mass is 32.2. The maximum absolute atomic E-state index is 12.1. The Bertz CT molecular complexity index is 739. The number of nitrogens with one attached hydrogen (secondary N) is 2. The number of H-pyrrole nitrogens is 1. The van der Waals surface area contributed by atoms with E-state index in [-0.39, 0.29) is 18.2 Å². The van der Waals surface area contributed by atoms with Crippen molar-refractivity contribution in [3.8, 4) is 11.5 Å². The van der Waals surface area contributed by atoms with E-state index in [1.54, 1.807) is 25.1 Å². The molecule has 2 aromatic rings. The Labute approximate surface area is 116 Å². The maximum atomic E-state index is 12.1. The second kappa shape index (κ2) is 4.80.